The van der Waals surface area contributed by atoms with Gasteiger partial charge in [-0.3, -0.25) is 19.7 Å². The molecule has 3 aromatic heterocycles. The molecular formula is C75H97N3O3. The second kappa shape index (κ2) is 21.1. The molecule has 15 rings (SSSR count). The summed E-state index contributed by atoms with van der Waals surface area (Å²) in [5, 5.41) is 10.2. The van der Waals surface area contributed by atoms with Crippen LogP contribution in [0.5, 0.6) is 0 Å². The number of hydrogen-bond donors (Lipinski definition) is 1. The van der Waals surface area contributed by atoms with Gasteiger partial charge in [0.15, 0.2) is 0 Å². The quantitative estimate of drug-likeness (QED) is 0.207. The summed E-state index contributed by atoms with van der Waals surface area (Å²) in [4.78, 5) is 24.6. The van der Waals surface area contributed by atoms with Crippen LogP contribution in [0.3, 0.4) is 0 Å². The van der Waals surface area contributed by atoms with Gasteiger partial charge in [0.2, 0.25) is 0 Å². The lowest BCUT2D eigenvalue weighted by molar-refractivity contribution is -0.148. The van der Waals surface area contributed by atoms with Crippen molar-refractivity contribution in [1.82, 2.24) is 15.0 Å². The Bertz CT molecular complexity index is 2910. The lowest BCUT2D eigenvalue weighted by Gasteiger charge is -2.58. The molecule has 430 valence electrons. The smallest absolute Gasteiger partial charge is 0.302 e. The number of ether oxygens (including phenoxy) is 1. The number of carbonyl (C=O) groups excluding carboxylic acids is 1. The second-order valence-electron chi connectivity index (χ2n) is 30.2. The molecule has 1 N–H and O–H groups in total. The van der Waals surface area contributed by atoms with Crippen molar-refractivity contribution in [2.75, 3.05) is 0 Å². The normalized spacial score (nSPS) is 43.1. The molecule has 0 bridgehead atoms. The summed E-state index contributed by atoms with van der Waals surface area (Å²) < 4.78 is 5.58. The van der Waals surface area contributed by atoms with Crippen molar-refractivity contribution in [1.29, 1.82) is 0 Å². The van der Waals surface area contributed by atoms with Crippen LogP contribution in [0.1, 0.15) is 207 Å². The number of nitrogens with zero attached hydrogens (tertiary/aromatic N) is 3. The van der Waals surface area contributed by atoms with Gasteiger partial charge in [-0.1, -0.05) is 120 Å². The summed E-state index contributed by atoms with van der Waals surface area (Å²) in [6.45, 7) is 19.2. The predicted molar refractivity (Wildman–Crippen MR) is 329 cm³/mol. The first-order valence-electron chi connectivity index (χ1n) is 32.7. The van der Waals surface area contributed by atoms with Crippen molar-refractivity contribution in [3.63, 3.8) is 0 Å². The van der Waals surface area contributed by atoms with Gasteiger partial charge in [0.1, 0.15) is 6.10 Å². The molecule has 6 saturated carbocycles. The molecule has 9 unspecified atom stereocenters. The van der Waals surface area contributed by atoms with Crippen LogP contribution in [-0.4, -0.2) is 38.2 Å². The van der Waals surface area contributed by atoms with Crippen LogP contribution in [0.2, 0.25) is 0 Å². The zero-order valence-corrected chi connectivity index (χ0v) is 50.8. The second-order valence-corrected chi connectivity index (χ2v) is 30.2. The SMILES string of the molecule is CC(=O)O[C@H]1CC[C@@]2(C)C(=CCC3C2CC[C@]2(C)C(c4cccnc4)=CCC32)C1.C[C@H]1CC[C@@]2(C)C(=CCC3C2CC[C@]2(C)C(c4cccnc4)=CCC32)C1.C[C@]12CC[C@H](O)CC1=CCC1C2CC[C@]2(C)C(c3cccnc3)=CCC12. The number of hydrogen-bond acceptors (Lipinski definition) is 6. The van der Waals surface area contributed by atoms with Gasteiger partial charge in [-0.25, -0.2) is 0 Å². The van der Waals surface area contributed by atoms with Crippen molar-refractivity contribution < 1.29 is 14.6 Å². The monoisotopic (exact) mass is 1090 g/mol. The molecule has 6 nitrogen and oxygen atoms in total. The molecule has 81 heavy (non-hydrogen) atoms. The summed E-state index contributed by atoms with van der Waals surface area (Å²) in [5.74, 6) is 7.99. The standard InChI is InChI=1S/C26H33NO2.C25H33N.C24H31NO/c1-17(28)29-20-10-12-25(2)19(15-20)6-7-21-23-9-8-22(18-5-4-14-27-16-18)26(23,3)13-11-24(21)25;1-17-10-12-24(2)19(15-17)6-7-20-22-9-8-21(18-5-4-14-26-16-18)25(22,3)13-11-23(20)24;1-23-11-9-18(26)14-17(23)5-6-19-21-8-7-20(16-4-3-13-25-15-16)24(21,2)12-10-22(19)23/h4-6,8,14,16,20-21,23-24H,7,9-13,15H2,1-3H3;4-6,8,14,16-17,20,22-23H,7,9-13,15H2,1-3H3;3-5,7,13,15,18-19,21-22,26H,6,8-12,14H2,1-2H3/t20-,21?,23?,24?,25-,26+;17-,20?,22?,23?,24-,25+;18-,19?,21?,22?,23-,24+/m000/s1. The zero-order chi connectivity index (χ0) is 56.1. The van der Waals surface area contributed by atoms with Crippen molar-refractivity contribution >= 4 is 22.7 Å². The molecule has 12 aliphatic carbocycles. The Morgan fingerprint density at radius 2 is 0.827 bits per heavy atom. The number of aliphatic hydroxyl groups excluding tert-OH is 1. The van der Waals surface area contributed by atoms with Crippen LogP contribution in [-0.2, 0) is 9.53 Å². The summed E-state index contributed by atoms with van der Waals surface area (Å²) in [6.07, 6.45) is 53.0. The first-order chi connectivity index (χ1) is 39.0. The minimum atomic E-state index is -0.138. The Morgan fingerprint density at radius 1 is 0.457 bits per heavy atom. The lowest BCUT2D eigenvalue weighted by Crippen LogP contribution is -2.50. The maximum Gasteiger partial charge on any atom is 0.302 e. The van der Waals surface area contributed by atoms with Crippen molar-refractivity contribution in [3.8, 4) is 0 Å². The minimum absolute atomic E-state index is 0.0857. The molecule has 18 atom stereocenters. The third-order valence-electron chi connectivity index (χ3n) is 26.5. The summed E-state index contributed by atoms with van der Waals surface area (Å²) in [6, 6.07) is 13.0. The first kappa shape index (κ1) is 55.5. The number of pyridine rings is 3. The molecule has 0 spiro atoms. The number of aromatic nitrogens is 3. The van der Waals surface area contributed by atoms with Gasteiger partial charge in [0, 0.05) is 50.5 Å². The molecule has 6 fully saturated rings. The fourth-order valence-corrected chi connectivity index (χ4v) is 22.1. The van der Waals surface area contributed by atoms with Crippen molar-refractivity contribution in [3.05, 3.63) is 143 Å². The number of carbonyl (C=O) groups is 1. The summed E-state index contributed by atoms with van der Waals surface area (Å²) in [7, 11) is 0. The average Bonchev–Trinajstić information content (AvgIpc) is 3.37. The third-order valence-corrected chi connectivity index (χ3v) is 26.5. The molecule has 6 heteroatoms. The van der Waals surface area contributed by atoms with Gasteiger partial charge in [-0.2, -0.15) is 0 Å². The maximum absolute atomic E-state index is 11.4. The van der Waals surface area contributed by atoms with E-state index in [4.69, 9.17) is 4.74 Å². The number of allylic oxidation sites excluding steroid dienone is 10. The number of esters is 1. The molecule has 12 aliphatic rings. The van der Waals surface area contributed by atoms with E-state index >= 15 is 0 Å². The van der Waals surface area contributed by atoms with Gasteiger partial charge < -0.3 is 9.84 Å². The fourth-order valence-electron chi connectivity index (χ4n) is 22.1. The van der Waals surface area contributed by atoms with Gasteiger partial charge in [0.05, 0.1) is 6.10 Å². The predicted octanol–water partition coefficient (Wildman–Crippen LogP) is 18.0. The topological polar surface area (TPSA) is 85.2 Å². The summed E-state index contributed by atoms with van der Waals surface area (Å²) in [5.41, 5.74) is 15.7. The van der Waals surface area contributed by atoms with Crippen LogP contribution in [0.25, 0.3) is 16.7 Å². The Labute approximate surface area is 487 Å². The highest BCUT2D eigenvalue weighted by Crippen LogP contribution is 2.70. The van der Waals surface area contributed by atoms with E-state index in [0.717, 1.165) is 91.3 Å². The van der Waals surface area contributed by atoms with Gasteiger partial charge in [-0.15, -0.1) is 0 Å². The van der Waals surface area contributed by atoms with Gasteiger partial charge >= 0.3 is 5.97 Å². The van der Waals surface area contributed by atoms with Crippen LogP contribution in [0.15, 0.2) is 127 Å². The lowest BCUT2D eigenvalue weighted by atomic mass is 9.47. The molecule has 0 saturated heterocycles. The molecule has 0 amide bonds. The molecular weight excluding hydrogens is 991 g/mol. The third kappa shape index (κ3) is 9.24. The van der Waals surface area contributed by atoms with E-state index in [1.807, 2.05) is 36.6 Å². The van der Waals surface area contributed by atoms with Gasteiger partial charge in [0.25, 0.3) is 0 Å². The zero-order valence-electron chi connectivity index (χ0n) is 50.8. The van der Waals surface area contributed by atoms with E-state index in [0.29, 0.717) is 21.7 Å². The fraction of sp³-hybridized carbons (Fsp3) is 0.627. The van der Waals surface area contributed by atoms with Crippen LogP contribution >= 0.6 is 0 Å². The van der Waals surface area contributed by atoms with E-state index in [1.165, 1.54) is 132 Å². The Hall–Kier alpha value is -4.68. The van der Waals surface area contributed by atoms with Crippen LogP contribution in [0.4, 0.5) is 0 Å². The molecule has 0 aliphatic heterocycles. The van der Waals surface area contributed by atoms with E-state index < -0.39 is 0 Å². The maximum atomic E-state index is 11.4. The Balaban J connectivity index is 0.000000115. The van der Waals surface area contributed by atoms with Crippen molar-refractivity contribution in [2.45, 2.75) is 202 Å². The van der Waals surface area contributed by atoms with E-state index in [9.17, 15) is 9.90 Å². The Morgan fingerprint density at radius 3 is 1.22 bits per heavy atom. The minimum Gasteiger partial charge on any atom is -0.462 e. The highest BCUT2D eigenvalue weighted by Gasteiger charge is 2.60. The summed E-state index contributed by atoms with van der Waals surface area (Å²) >= 11 is 0. The first-order valence-corrected chi connectivity index (χ1v) is 32.7. The molecule has 3 aromatic rings. The average molecular weight is 1090 g/mol. The van der Waals surface area contributed by atoms with Crippen LogP contribution in [0, 0.1) is 91.7 Å². The highest BCUT2D eigenvalue weighted by molar-refractivity contribution is 5.74. The number of aliphatic hydroxyl groups is 1. The van der Waals surface area contributed by atoms with E-state index in [-0.39, 0.29) is 29.0 Å². The largest absolute Gasteiger partial charge is 0.462 e. The molecule has 3 heterocycles. The van der Waals surface area contributed by atoms with E-state index in [2.05, 4.69) is 142 Å². The molecule has 0 radical (unpaired) electrons. The Kier molecular flexibility index (Phi) is 14.5. The highest BCUT2D eigenvalue weighted by atomic mass is 16.5. The van der Waals surface area contributed by atoms with Crippen molar-refractivity contribution in [2.24, 2.45) is 91.7 Å². The van der Waals surface area contributed by atoms with Crippen LogP contribution < -0.4 is 0 Å². The molecule has 0 aromatic carbocycles. The van der Waals surface area contributed by atoms with Gasteiger partial charge in [-0.05, 0) is 272 Å². The number of rotatable bonds is 4. The van der Waals surface area contributed by atoms with E-state index in [1.54, 1.807) is 22.3 Å². The number of fused-ring (bicyclic) bond motifs is 15.